The maximum absolute atomic E-state index is 13.1. The van der Waals surface area contributed by atoms with Crippen molar-refractivity contribution in [3.05, 3.63) is 83.7 Å². The molecule has 0 saturated carbocycles. The van der Waals surface area contributed by atoms with Crippen LogP contribution >= 0.6 is 0 Å². The van der Waals surface area contributed by atoms with Gasteiger partial charge in [0.05, 0.1) is 24.6 Å². The molecule has 0 aliphatic carbocycles. The summed E-state index contributed by atoms with van der Waals surface area (Å²) in [5.41, 5.74) is 2.27. The SMILES string of the molecule is CCOc1cc(NC(=O)c2ccccc2)c(OCC)cc1NC(=O)CCc1ccc(F)cc1. The van der Waals surface area contributed by atoms with Crippen LogP contribution in [0.4, 0.5) is 15.8 Å². The molecule has 2 amide bonds. The molecule has 0 heterocycles. The van der Waals surface area contributed by atoms with Crippen LogP contribution in [0.2, 0.25) is 0 Å². The molecule has 0 aliphatic rings. The molecule has 0 aromatic heterocycles. The summed E-state index contributed by atoms with van der Waals surface area (Å²) in [7, 11) is 0. The van der Waals surface area contributed by atoms with Crippen molar-refractivity contribution < 1.29 is 23.5 Å². The molecular formula is C26H27FN2O4. The van der Waals surface area contributed by atoms with Gasteiger partial charge in [-0.25, -0.2) is 4.39 Å². The van der Waals surface area contributed by atoms with E-state index < -0.39 is 0 Å². The molecule has 7 heteroatoms. The highest BCUT2D eigenvalue weighted by atomic mass is 19.1. The summed E-state index contributed by atoms with van der Waals surface area (Å²) in [5, 5.41) is 5.71. The highest BCUT2D eigenvalue weighted by Crippen LogP contribution is 2.37. The number of carbonyl (C=O) groups is 2. The molecule has 0 atom stereocenters. The molecule has 3 aromatic carbocycles. The van der Waals surface area contributed by atoms with Crippen molar-refractivity contribution in [2.75, 3.05) is 23.8 Å². The molecule has 0 unspecified atom stereocenters. The van der Waals surface area contributed by atoms with Crippen molar-refractivity contribution in [1.82, 2.24) is 0 Å². The number of rotatable bonds is 10. The molecule has 6 nitrogen and oxygen atoms in total. The molecule has 0 fully saturated rings. The smallest absolute Gasteiger partial charge is 0.255 e. The number of aryl methyl sites for hydroxylation is 1. The monoisotopic (exact) mass is 450 g/mol. The number of hydrogen-bond donors (Lipinski definition) is 2. The van der Waals surface area contributed by atoms with Crippen molar-refractivity contribution in [3.63, 3.8) is 0 Å². The number of halogens is 1. The first-order chi connectivity index (χ1) is 16.0. The van der Waals surface area contributed by atoms with Crippen molar-refractivity contribution in [1.29, 1.82) is 0 Å². The van der Waals surface area contributed by atoms with Crippen LogP contribution in [0.1, 0.15) is 36.2 Å². The number of amides is 2. The Kier molecular flexibility index (Phi) is 8.41. The van der Waals surface area contributed by atoms with Gasteiger partial charge in [0, 0.05) is 24.1 Å². The number of anilines is 2. The second-order valence-corrected chi connectivity index (χ2v) is 7.21. The van der Waals surface area contributed by atoms with Crippen LogP contribution in [-0.2, 0) is 11.2 Å². The lowest BCUT2D eigenvalue weighted by atomic mass is 10.1. The van der Waals surface area contributed by atoms with Crippen LogP contribution in [0, 0.1) is 5.82 Å². The second kappa shape index (κ2) is 11.7. The summed E-state index contributed by atoms with van der Waals surface area (Å²) in [4.78, 5) is 25.2. The lowest BCUT2D eigenvalue weighted by Gasteiger charge is -2.18. The summed E-state index contributed by atoms with van der Waals surface area (Å²) in [6.07, 6.45) is 0.688. The van der Waals surface area contributed by atoms with E-state index in [1.165, 1.54) is 12.1 Å². The number of ether oxygens (including phenoxy) is 2. The first-order valence-corrected chi connectivity index (χ1v) is 10.8. The zero-order chi connectivity index (χ0) is 23.6. The van der Waals surface area contributed by atoms with E-state index in [4.69, 9.17) is 9.47 Å². The van der Waals surface area contributed by atoms with E-state index >= 15 is 0 Å². The normalized spacial score (nSPS) is 10.4. The predicted molar refractivity (Wildman–Crippen MR) is 127 cm³/mol. The third-order valence-corrected chi connectivity index (χ3v) is 4.79. The Morgan fingerprint density at radius 1 is 0.818 bits per heavy atom. The maximum atomic E-state index is 13.1. The minimum atomic E-state index is -0.313. The minimum absolute atomic E-state index is 0.216. The molecule has 0 saturated heterocycles. The summed E-state index contributed by atoms with van der Waals surface area (Å²) in [5.74, 6) is 0.0184. The third-order valence-electron chi connectivity index (χ3n) is 4.79. The number of benzene rings is 3. The van der Waals surface area contributed by atoms with Crippen LogP contribution in [0.25, 0.3) is 0 Å². The topological polar surface area (TPSA) is 76.7 Å². The summed E-state index contributed by atoms with van der Waals surface area (Å²) < 4.78 is 24.5. The largest absolute Gasteiger partial charge is 0.492 e. The van der Waals surface area contributed by atoms with Crippen LogP contribution in [-0.4, -0.2) is 25.0 Å². The Morgan fingerprint density at radius 3 is 1.97 bits per heavy atom. The van der Waals surface area contributed by atoms with Gasteiger partial charge in [-0.15, -0.1) is 0 Å². The standard InChI is InChI=1S/C26H27FN2O4/c1-3-32-23-17-22(29-26(31)19-8-6-5-7-9-19)24(33-4-2)16-21(23)28-25(30)15-12-18-10-13-20(27)14-11-18/h5-11,13-14,16-17H,3-4,12,15H2,1-2H3,(H,28,30)(H,29,31). The van der Waals surface area contributed by atoms with E-state index in [2.05, 4.69) is 10.6 Å². The number of hydrogen-bond acceptors (Lipinski definition) is 4. The number of nitrogens with one attached hydrogen (secondary N) is 2. The fourth-order valence-electron chi connectivity index (χ4n) is 3.21. The molecule has 0 aliphatic heterocycles. The molecule has 0 spiro atoms. The van der Waals surface area contributed by atoms with E-state index in [1.807, 2.05) is 19.9 Å². The van der Waals surface area contributed by atoms with E-state index in [0.717, 1.165) is 5.56 Å². The van der Waals surface area contributed by atoms with E-state index in [9.17, 15) is 14.0 Å². The highest BCUT2D eigenvalue weighted by Gasteiger charge is 2.17. The average molecular weight is 451 g/mol. The first-order valence-electron chi connectivity index (χ1n) is 10.8. The fraction of sp³-hybridized carbons (Fsp3) is 0.231. The zero-order valence-electron chi connectivity index (χ0n) is 18.7. The van der Waals surface area contributed by atoms with Gasteiger partial charge in [0.15, 0.2) is 0 Å². The molecule has 2 N–H and O–H groups in total. The van der Waals surface area contributed by atoms with Crippen molar-refractivity contribution in [2.45, 2.75) is 26.7 Å². The second-order valence-electron chi connectivity index (χ2n) is 7.21. The van der Waals surface area contributed by atoms with Crippen LogP contribution < -0.4 is 20.1 Å². The molecule has 33 heavy (non-hydrogen) atoms. The molecule has 0 radical (unpaired) electrons. The zero-order valence-corrected chi connectivity index (χ0v) is 18.7. The maximum Gasteiger partial charge on any atom is 0.255 e. The fourth-order valence-corrected chi connectivity index (χ4v) is 3.21. The lowest BCUT2D eigenvalue weighted by Crippen LogP contribution is -2.16. The average Bonchev–Trinajstić information content (AvgIpc) is 2.82. The molecule has 3 rings (SSSR count). The van der Waals surface area contributed by atoms with Gasteiger partial charge in [-0.05, 0) is 50.1 Å². The van der Waals surface area contributed by atoms with Gasteiger partial charge in [0.2, 0.25) is 5.91 Å². The van der Waals surface area contributed by atoms with Crippen molar-refractivity contribution in [2.24, 2.45) is 0 Å². The van der Waals surface area contributed by atoms with E-state index in [1.54, 1.807) is 48.5 Å². The molecule has 0 bridgehead atoms. The van der Waals surface area contributed by atoms with Gasteiger partial charge >= 0.3 is 0 Å². The lowest BCUT2D eigenvalue weighted by molar-refractivity contribution is -0.116. The van der Waals surface area contributed by atoms with E-state index in [0.29, 0.717) is 48.1 Å². The summed E-state index contributed by atoms with van der Waals surface area (Å²) >= 11 is 0. The van der Waals surface area contributed by atoms with Crippen LogP contribution in [0.15, 0.2) is 66.7 Å². The van der Waals surface area contributed by atoms with Crippen molar-refractivity contribution >= 4 is 23.2 Å². The summed E-state index contributed by atoms with van der Waals surface area (Å²) in [6, 6.07) is 18.2. The Bertz CT molecular complexity index is 1090. The molecule has 172 valence electrons. The van der Waals surface area contributed by atoms with Crippen LogP contribution in [0.5, 0.6) is 11.5 Å². The Hall–Kier alpha value is -3.87. The first kappa shape index (κ1) is 23.8. The Labute approximate surface area is 192 Å². The van der Waals surface area contributed by atoms with Gasteiger partial charge in [0.25, 0.3) is 5.91 Å². The van der Waals surface area contributed by atoms with Gasteiger partial charge in [-0.1, -0.05) is 30.3 Å². The van der Waals surface area contributed by atoms with E-state index in [-0.39, 0.29) is 24.1 Å². The number of carbonyl (C=O) groups excluding carboxylic acids is 2. The third kappa shape index (κ3) is 6.80. The highest BCUT2D eigenvalue weighted by molar-refractivity contribution is 6.05. The molecule has 3 aromatic rings. The van der Waals surface area contributed by atoms with Gasteiger partial charge in [-0.3, -0.25) is 9.59 Å². The van der Waals surface area contributed by atoms with Crippen LogP contribution in [0.3, 0.4) is 0 Å². The van der Waals surface area contributed by atoms with Crippen molar-refractivity contribution in [3.8, 4) is 11.5 Å². The Balaban J connectivity index is 1.78. The van der Waals surface area contributed by atoms with Gasteiger partial charge in [-0.2, -0.15) is 0 Å². The Morgan fingerprint density at radius 2 is 1.39 bits per heavy atom. The van der Waals surface area contributed by atoms with Gasteiger partial charge < -0.3 is 20.1 Å². The van der Waals surface area contributed by atoms with Gasteiger partial charge in [0.1, 0.15) is 17.3 Å². The predicted octanol–water partition coefficient (Wildman–Crippen LogP) is 5.45. The molecular weight excluding hydrogens is 423 g/mol. The minimum Gasteiger partial charge on any atom is -0.492 e. The summed E-state index contributed by atoms with van der Waals surface area (Å²) in [6.45, 7) is 4.41. The quantitative estimate of drug-likeness (QED) is 0.431.